The molecule has 8 nitrogen and oxygen atoms in total. The summed E-state index contributed by atoms with van der Waals surface area (Å²) in [6, 6.07) is 5.63. The average Bonchev–Trinajstić information content (AvgIpc) is 3.47. The molecule has 0 fully saturated rings. The maximum Gasteiger partial charge on any atom is 0.329 e. The number of nitrogens with zero attached hydrogens (tertiary/aromatic N) is 4. The van der Waals surface area contributed by atoms with E-state index in [9.17, 15) is 16.1 Å². The Hall–Kier alpha value is -3.55. The molecule has 8 heteroatoms. The number of carboxylic acid groups (broad SMARTS) is 1. The fourth-order valence-electron chi connectivity index (χ4n) is 7.63. The molecule has 2 N–H and O–H groups in total. The SMILES string of the molecule is [2H]c1c(C)c(C(C)N(C(=O)CC(C)CCC)[C@](C)(C(=O)O)C(CC)C(C)(C)C)c(C)c(C)c1-c1c(C)cccc1-c1nn[nH]n1. The van der Waals surface area contributed by atoms with E-state index in [1.54, 1.807) is 11.8 Å². The number of aromatic amines is 1. The summed E-state index contributed by atoms with van der Waals surface area (Å²) >= 11 is 0. The highest BCUT2D eigenvalue weighted by Gasteiger charge is 2.53. The number of benzene rings is 2. The van der Waals surface area contributed by atoms with Crippen LogP contribution in [-0.2, 0) is 9.59 Å². The highest BCUT2D eigenvalue weighted by molar-refractivity contribution is 5.89. The van der Waals surface area contributed by atoms with Crippen molar-refractivity contribution < 1.29 is 16.1 Å². The van der Waals surface area contributed by atoms with Crippen LogP contribution in [0, 0.1) is 44.9 Å². The van der Waals surface area contributed by atoms with Gasteiger partial charge in [-0.05, 0) is 109 Å². The largest absolute Gasteiger partial charge is 0.479 e. The van der Waals surface area contributed by atoms with Gasteiger partial charge in [-0.2, -0.15) is 5.21 Å². The highest BCUT2D eigenvalue weighted by Crippen LogP contribution is 2.46. The van der Waals surface area contributed by atoms with E-state index in [0.717, 1.165) is 57.3 Å². The molecule has 2 aromatic carbocycles. The Morgan fingerprint density at radius 3 is 2.20 bits per heavy atom. The molecule has 0 saturated carbocycles. The Labute approximate surface area is 265 Å². The summed E-state index contributed by atoms with van der Waals surface area (Å²) in [5.74, 6) is -0.930. The second-order valence-electron chi connectivity index (χ2n) is 13.8. The maximum absolute atomic E-state index is 14.4. The number of hydrogen-bond acceptors (Lipinski definition) is 5. The van der Waals surface area contributed by atoms with E-state index in [1.165, 1.54) is 0 Å². The molecule has 0 aliphatic heterocycles. The van der Waals surface area contributed by atoms with Gasteiger partial charge in [0.25, 0.3) is 0 Å². The lowest BCUT2D eigenvalue weighted by atomic mass is 9.66. The first kappa shape index (κ1) is 33.3. The van der Waals surface area contributed by atoms with E-state index in [2.05, 4.69) is 55.2 Å². The number of carbonyl (C=O) groups is 2. The molecule has 44 heavy (non-hydrogen) atoms. The molecule has 3 rings (SSSR count). The standard InChI is InChI=1S/C36H53N5O3/c1-13-16-21(3)19-30(42)41(36(12,34(43)44)29(14-2)35(9,10)11)26(8)31-23(5)20-28(24(6)25(31)7)32-22(4)17-15-18-27(32)33-37-39-40-38-33/h15,17-18,20-21,26,29H,13-14,16,19H2,1-12H3,(H,43,44)(H,37,38,39,40)/t21?,26?,29?,36-/m0/s1/i20D. The Kier molecular flexibility index (Phi) is 10.3. The molecule has 1 amide bonds. The van der Waals surface area contributed by atoms with E-state index in [1.807, 2.05) is 59.7 Å². The van der Waals surface area contributed by atoms with Crippen LogP contribution in [0.15, 0.2) is 24.2 Å². The average molecular weight is 605 g/mol. The second kappa shape index (κ2) is 13.6. The number of carbonyl (C=O) groups excluding carboxylic acids is 1. The molecule has 0 aliphatic carbocycles. The lowest BCUT2D eigenvalue weighted by Crippen LogP contribution is -2.62. The van der Waals surface area contributed by atoms with Crippen molar-refractivity contribution in [3.63, 3.8) is 0 Å². The van der Waals surface area contributed by atoms with Gasteiger partial charge in [-0.1, -0.05) is 78.6 Å². The molecular formula is C36H53N5O3. The number of aromatic nitrogens is 4. The van der Waals surface area contributed by atoms with Crippen LogP contribution in [-0.4, -0.2) is 48.0 Å². The van der Waals surface area contributed by atoms with Gasteiger partial charge in [0, 0.05) is 12.0 Å². The molecule has 3 aromatic rings. The number of aliphatic carboxylic acids is 1. The fraction of sp³-hybridized carbons (Fsp3) is 0.583. The smallest absolute Gasteiger partial charge is 0.329 e. The van der Waals surface area contributed by atoms with Crippen LogP contribution in [0.25, 0.3) is 22.5 Å². The molecule has 1 aromatic heterocycles. The van der Waals surface area contributed by atoms with E-state index in [0.29, 0.717) is 18.3 Å². The molecule has 4 atom stereocenters. The van der Waals surface area contributed by atoms with E-state index in [4.69, 9.17) is 0 Å². The van der Waals surface area contributed by atoms with E-state index in [-0.39, 0.29) is 29.6 Å². The summed E-state index contributed by atoms with van der Waals surface area (Å²) in [5, 5.41) is 25.7. The third kappa shape index (κ3) is 6.59. The molecule has 0 saturated heterocycles. The summed E-state index contributed by atoms with van der Waals surface area (Å²) in [4.78, 5) is 29.5. The van der Waals surface area contributed by atoms with Gasteiger partial charge in [-0.25, -0.2) is 4.79 Å². The normalized spacial score (nSPS) is 15.7. The number of aryl methyl sites for hydroxylation is 1. The minimum absolute atomic E-state index is 0.118. The van der Waals surface area contributed by atoms with Crippen molar-refractivity contribution in [1.29, 1.82) is 0 Å². The summed E-state index contributed by atoms with van der Waals surface area (Å²) < 4.78 is 9.52. The third-order valence-electron chi connectivity index (χ3n) is 9.61. The molecular weight excluding hydrogens is 550 g/mol. The first-order chi connectivity index (χ1) is 20.9. The van der Waals surface area contributed by atoms with Crippen LogP contribution in [0.4, 0.5) is 0 Å². The molecule has 3 unspecified atom stereocenters. The lowest BCUT2D eigenvalue weighted by molar-refractivity contribution is -0.170. The van der Waals surface area contributed by atoms with Crippen LogP contribution in [0.3, 0.4) is 0 Å². The third-order valence-corrected chi connectivity index (χ3v) is 9.61. The number of nitrogens with one attached hydrogen (secondary N) is 1. The van der Waals surface area contributed by atoms with Crippen molar-refractivity contribution in [2.45, 2.75) is 120 Å². The molecule has 0 bridgehead atoms. The summed E-state index contributed by atoms with van der Waals surface area (Å²) in [6.45, 7) is 23.9. The second-order valence-corrected chi connectivity index (χ2v) is 13.8. The number of H-pyrrole nitrogens is 1. The number of tetrazole rings is 1. The first-order valence-corrected chi connectivity index (χ1v) is 15.9. The van der Waals surface area contributed by atoms with Gasteiger partial charge in [0.1, 0.15) is 5.54 Å². The van der Waals surface area contributed by atoms with Gasteiger partial charge in [-0.3, -0.25) is 4.79 Å². The number of carboxylic acids is 1. The van der Waals surface area contributed by atoms with Gasteiger partial charge < -0.3 is 10.0 Å². The van der Waals surface area contributed by atoms with Crippen LogP contribution in [0.1, 0.15) is 116 Å². The van der Waals surface area contributed by atoms with Crippen LogP contribution < -0.4 is 0 Å². The first-order valence-electron chi connectivity index (χ1n) is 16.4. The molecule has 0 aliphatic rings. The quantitative estimate of drug-likeness (QED) is 0.215. The van der Waals surface area contributed by atoms with Crippen molar-refractivity contribution in [3.05, 3.63) is 52.1 Å². The minimum Gasteiger partial charge on any atom is -0.479 e. The van der Waals surface area contributed by atoms with E-state index >= 15 is 0 Å². The number of hydrogen-bond donors (Lipinski definition) is 2. The van der Waals surface area contributed by atoms with Crippen molar-refractivity contribution in [2.75, 3.05) is 0 Å². The number of amides is 1. The fourth-order valence-corrected chi connectivity index (χ4v) is 7.63. The van der Waals surface area contributed by atoms with Crippen LogP contribution in [0.2, 0.25) is 0 Å². The van der Waals surface area contributed by atoms with Crippen molar-refractivity contribution in [3.8, 4) is 22.5 Å². The van der Waals surface area contributed by atoms with Crippen LogP contribution in [0.5, 0.6) is 0 Å². The zero-order valence-corrected chi connectivity index (χ0v) is 28.8. The molecule has 0 spiro atoms. The predicted octanol–water partition coefficient (Wildman–Crippen LogP) is 8.40. The van der Waals surface area contributed by atoms with Gasteiger partial charge in [0.15, 0.2) is 0 Å². The maximum atomic E-state index is 14.4. The molecule has 1 heterocycles. The lowest BCUT2D eigenvalue weighted by Gasteiger charge is -2.51. The van der Waals surface area contributed by atoms with Gasteiger partial charge >= 0.3 is 5.97 Å². The van der Waals surface area contributed by atoms with Gasteiger partial charge in [0.2, 0.25) is 11.7 Å². The predicted molar refractivity (Wildman–Crippen MR) is 177 cm³/mol. The summed E-state index contributed by atoms with van der Waals surface area (Å²) in [7, 11) is 0. The highest BCUT2D eigenvalue weighted by atomic mass is 16.4. The van der Waals surface area contributed by atoms with Crippen molar-refractivity contribution in [2.24, 2.45) is 17.3 Å². The van der Waals surface area contributed by atoms with Crippen LogP contribution >= 0.6 is 0 Å². The topological polar surface area (TPSA) is 112 Å². The Bertz CT molecular complexity index is 1500. The van der Waals surface area contributed by atoms with Crippen molar-refractivity contribution in [1.82, 2.24) is 25.5 Å². The Morgan fingerprint density at radius 2 is 1.68 bits per heavy atom. The van der Waals surface area contributed by atoms with E-state index < -0.39 is 17.6 Å². The minimum atomic E-state index is -1.48. The van der Waals surface area contributed by atoms with Gasteiger partial charge in [0.05, 0.1) is 7.41 Å². The summed E-state index contributed by atoms with van der Waals surface area (Å²) in [5.41, 5.74) is 4.91. The number of rotatable bonds is 12. The zero-order chi connectivity index (χ0) is 34.0. The molecule has 240 valence electrons. The monoisotopic (exact) mass is 604 g/mol. The Balaban J connectivity index is 2.35. The molecule has 0 radical (unpaired) electrons. The van der Waals surface area contributed by atoms with Gasteiger partial charge in [-0.15, -0.1) is 10.2 Å². The summed E-state index contributed by atoms with van der Waals surface area (Å²) in [6.07, 6.45) is 2.70. The Morgan fingerprint density at radius 1 is 1.02 bits per heavy atom. The van der Waals surface area contributed by atoms with Crippen molar-refractivity contribution >= 4 is 11.9 Å². The zero-order valence-electron chi connectivity index (χ0n) is 29.8.